The van der Waals surface area contributed by atoms with E-state index in [4.69, 9.17) is 0 Å². The molecule has 1 amide bonds. The number of carbonyl (C=O) groups is 2. The Hall–Kier alpha value is -1.36. The van der Waals surface area contributed by atoms with Gasteiger partial charge in [0.25, 0.3) is 5.91 Å². The van der Waals surface area contributed by atoms with Crippen LogP contribution < -0.4 is 5.32 Å². The predicted octanol–water partition coefficient (Wildman–Crippen LogP) is 2.38. The normalized spacial score (nSPS) is 12.1. The molecule has 0 bridgehead atoms. The van der Waals surface area contributed by atoms with E-state index in [1.807, 2.05) is 13.8 Å². The molecule has 0 saturated carbocycles. The minimum absolute atomic E-state index is 0.0307. The van der Waals surface area contributed by atoms with Gasteiger partial charge in [0.05, 0.1) is 7.11 Å². The van der Waals surface area contributed by atoms with E-state index >= 15 is 0 Å². The largest absolute Gasteiger partial charge is 0.467 e. The number of nitrogens with one attached hydrogen (secondary N) is 1. The summed E-state index contributed by atoms with van der Waals surface area (Å²) in [5.74, 6) is -0.751. The number of rotatable bonds is 4. The first-order chi connectivity index (χ1) is 8.45. The maximum Gasteiger partial charge on any atom is 0.328 e. The van der Waals surface area contributed by atoms with Gasteiger partial charge in [0.15, 0.2) is 0 Å². The fourth-order valence-electron chi connectivity index (χ4n) is 1.45. The molecule has 1 aromatic carbocycles. The zero-order chi connectivity index (χ0) is 13.7. The van der Waals surface area contributed by atoms with E-state index in [9.17, 15) is 9.59 Å². The highest BCUT2D eigenvalue weighted by Gasteiger charge is 2.25. The number of hydrogen-bond acceptors (Lipinski definition) is 3. The van der Waals surface area contributed by atoms with Gasteiger partial charge in [-0.3, -0.25) is 4.79 Å². The van der Waals surface area contributed by atoms with Crippen molar-refractivity contribution in [2.45, 2.75) is 19.9 Å². The number of esters is 1. The Morgan fingerprint density at radius 2 is 1.78 bits per heavy atom. The molecule has 1 atom stereocenters. The zero-order valence-electron chi connectivity index (χ0n) is 10.6. The van der Waals surface area contributed by atoms with E-state index in [0.29, 0.717) is 5.56 Å². The Morgan fingerprint density at radius 3 is 2.22 bits per heavy atom. The standard InChI is InChI=1S/C13H16BrNO3/c1-8(2)11(13(17)18-3)15-12(16)9-4-6-10(14)7-5-9/h4-8,11H,1-3H3,(H,15,16). The number of amides is 1. The van der Waals surface area contributed by atoms with Crippen LogP contribution in [0.4, 0.5) is 0 Å². The molecule has 0 aromatic heterocycles. The van der Waals surface area contributed by atoms with Crippen molar-refractivity contribution in [2.24, 2.45) is 5.92 Å². The van der Waals surface area contributed by atoms with E-state index < -0.39 is 12.0 Å². The lowest BCUT2D eigenvalue weighted by Crippen LogP contribution is -2.45. The second kappa shape index (κ2) is 6.54. The molecule has 1 unspecified atom stereocenters. The number of hydrogen-bond donors (Lipinski definition) is 1. The van der Waals surface area contributed by atoms with E-state index in [-0.39, 0.29) is 11.8 Å². The lowest BCUT2D eigenvalue weighted by Gasteiger charge is -2.19. The first-order valence-electron chi connectivity index (χ1n) is 5.60. The quantitative estimate of drug-likeness (QED) is 0.868. The van der Waals surface area contributed by atoms with Crippen molar-refractivity contribution < 1.29 is 14.3 Å². The van der Waals surface area contributed by atoms with Gasteiger partial charge in [-0.1, -0.05) is 29.8 Å². The monoisotopic (exact) mass is 313 g/mol. The fourth-order valence-corrected chi connectivity index (χ4v) is 1.71. The second-order valence-corrected chi connectivity index (χ2v) is 5.14. The van der Waals surface area contributed by atoms with Gasteiger partial charge in [0.1, 0.15) is 6.04 Å². The highest BCUT2D eigenvalue weighted by molar-refractivity contribution is 9.10. The highest BCUT2D eigenvalue weighted by Crippen LogP contribution is 2.11. The van der Waals surface area contributed by atoms with Crippen LogP contribution >= 0.6 is 15.9 Å². The van der Waals surface area contributed by atoms with Gasteiger partial charge < -0.3 is 10.1 Å². The van der Waals surface area contributed by atoms with Crippen LogP contribution in [-0.2, 0) is 9.53 Å². The molecule has 98 valence electrons. The molecule has 1 N–H and O–H groups in total. The molecule has 0 heterocycles. The van der Waals surface area contributed by atoms with Crippen molar-refractivity contribution in [3.63, 3.8) is 0 Å². The van der Waals surface area contributed by atoms with Crippen LogP contribution in [0.5, 0.6) is 0 Å². The molecular formula is C13H16BrNO3. The lowest BCUT2D eigenvalue weighted by molar-refractivity contribution is -0.144. The second-order valence-electron chi connectivity index (χ2n) is 4.23. The van der Waals surface area contributed by atoms with Crippen LogP contribution in [0.2, 0.25) is 0 Å². The number of benzene rings is 1. The van der Waals surface area contributed by atoms with Crippen LogP contribution in [0.25, 0.3) is 0 Å². The molecule has 0 saturated heterocycles. The molecule has 0 fully saturated rings. The maximum atomic E-state index is 12.0. The summed E-state index contributed by atoms with van der Waals surface area (Å²) in [7, 11) is 1.31. The third kappa shape index (κ3) is 3.84. The average Bonchev–Trinajstić information content (AvgIpc) is 2.35. The number of ether oxygens (including phenoxy) is 1. The van der Waals surface area contributed by atoms with Crippen LogP contribution in [0, 0.1) is 5.92 Å². The van der Waals surface area contributed by atoms with Crippen molar-refractivity contribution in [2.75, 3.05) is 7.11 Å². The third-order valence-corrected chi connectivity index (χ3v) is 3.04. The Labute approximate surface area is 115 Å². The highest BCUT2D eigenvalue weighted by atomic mass is 79.9. The molecule has 0 aliphatic rings. The summed E-state index contributed by atoms with van der Waals surface area (Å²) in [6.07, 6.45) is 0. The number of carbonyl (C=O) groups excluding carboxylic acids is 2. The summed E-state index contributed by atoms with van der Waals surface area (Å²) in [6, 6.07) is 6.29. The van der Waals surface area contributed by atoms with Crippen LogP contribution in [0.1, 0.15) is 24.2 Å². The summed E-state index contributed by atoms with van der Waals surface area (Å²) < 4.78 is 5.56. The SMILES string of the molecule is COC(=O)C(NC(=O)c1ccc(Br)cc1)C(C)C. The van der Waals surface area contributed by atoms with Crippen molar-refractivity contribution in [3.8, 4) is 0 Å². The van der Waals surface area contributed by atoms with Gasteiger partial charge in [-0.15, -0.1) is 0 Å². The molecule has 5 heteroatoms. The summed E-state index contributed by atoms with van der Waals surface area (Å²) in [6.45, 7) is 3.70. The first kappa shape index (κ1) is 14.7. The van der Waals surface area contributed by atoms with E-state index in [1.165, 1.54) is 7.11 Å². The number of methoxy groups -OCH3 is 1. The third-order valence-electron chi connectivity index (χ3n) is 2.51. The van der Waals surface area contributed by atoms with Gasteiger partial charge >= 0.3 is 5.97 Å². The van der Waals surface area contributed by atoms with Crippen molar-refractivity contribution in [1.29, 1.82) is 0 Å². The van der Waals surface area contributed by atoms with Crippen molar-refractivity contribution >= 4 is 27.8 Å². The van der Waals surface area contributed by atoms with E-state index in [2.05, 4.69) is 26.0 Å². The number of halogens is 1. The minimum Gasteiger partial charge on any atom is -0.467 e. The molecule has 0 spiro atoms. The topological polar surface area (TPSA) is 55.4 Å². The lowest BCUT2D eigenvalue weighted by atomic mass is 10.0. The van der Waals surface area contributed by atoms with E-state index in [0.717, 1.165) is 4.47 Å². The fraction of sp³-hybridized carbons (Fsp3) is 0.385. The minimum atomic E-state index is -0.633. The molecule has 4 nitrogen and oxygen atoms in total. The van der Waals surface area contributed by atoms with Crippen LogP contribution in [0.3, 0.4) is 0 Å². The molecule has 0 radical (unpaired) electrons. The van der Waals surface area contributed by atoms with Gasteiger partial charge in [0, 0.05) is 10.0 Å². The van der Waals surface area contributed by atoms with Crippen molar-refractivity contribution in [3.05, 3.63) is 34.3 Å². The molecule has 0 aliphatic heterocycles. The summed E-state index contributed by atoms with van der Waals surface area (Å²) >= 11 is 3.30. The molecule has 0 aliphatic carbocycles. The average molecular weight is 314 g/mol. The van der Waals surface area contributed by atoms with E-state index in [1.54, 1.807) is 24.3 Å². The molecule has 1 aromatic rings. The molecular weight excluding hydrogens is 298 g/mol. The summed E-state index contributed by atoms with van der Waals surface area (Å²) in [5, 5.41) is 2.67. The van der Waals surface area contributed by atoms with Gasteiger partial charge in [-0.25, -0.2) is 4.79 Å². The Kier molecular flexibility index (Phi) is 5.34. The Bertz CT molecular complexity index is 428. The van der Waals surface area contributed by atoms with Gasteiger partial charge in [0.2, 0.25) is 0 Å². The first-order valence-corrected chi connectivity index (χ1v) is 6.39. The summed E-state index contributed by atoms with van der Waals surface area (Å²) in [5.41, 5.74) is 0.507. The van der Waals surface area contributed by atoms with Gasteiger partial charge in [-0.05, 0) is 30.2 Å². The summed E-state index contributed by atoms with van der Waals surface area (Å²) in [4.78, 5) is 23.5. The molecule has 1 rings (SSSR count). The van der Waals surface area contributed by atoms with Gasteiger partial charge in [-0.2, -0.15) is 0 Å². The van der Waals surface area contributed by atoms with Crippen LogP contribution in [-0.4, -0.2) is 25.0 Å². The zero-order valence-corrected chi connectivity index (χ0v) is 12.2. The maximum absolute atomic E-state index is 12.0. The Balaban J connectivity index is 2.78. The van der Waals surface area contributed by atoms with Crippen molar-refractivity contribution in [1.82, 2.24) is 5.32 Å². The predicted molar refractivity (Wildman–Crippen MR) is 72.3 cm³/mol. The molecule has 18 heavy (non-hydrogen) atoms. The van der Waals surface area contributed by atoms with Crippen LogP contribution in [0.15, 0.2) is 28.7 Å². The smallest absolute Gasteiger partial charge is 0.328 e. The Morgan fingerprint density at radius 1 is 1.22 bits per heavy atom.